The third-order valence-corrected chi connectivity index (χ3v) is 1.85. The molecule has 74 valence electrons. The minimum Gasteiger partial charge on any atom is -0.302 e. The Balaban J connectivity index is 2.94. The number of rotatable bonds is 4. The molecule has 0 radical (unpaired) electrons. The van der Waals surface area contributed by atoms with Crippen molar-refractivity contribution < 1.29 is 9.59 Å². The second-order valence-corrected chi connectivity index (χ2v) is 3.37. The number of hydrogen-bond acceptors (Lipinski definition) is 3. The van der Waals surface area contributed by atoms with E-state index in [1.54, 1.807) is 29.2 Å². The molecule has 0 aromatic heterocycles. The van der Waals surface area contributed by atoms with Crippen molar-refractivity contribution in [3.63, 3.8) is 0 Å². The van der Waals surface area contributed by atoms with Crippen LogP contribution in [0, 0.1) is 0 Å². The molecule has 0 saturated heterocycles. The van der Waals surface area contributed by atoms with E-state index >= 15 is 0 Å². The van der Waals surface area contributed by atoms with Gasteiger partial charge in [0.2, 0.25) is 0 Å². The molecule has 0 spiro atoms. The molecule has 3 heteroatoms. The molecule has 0 heterocycles. The number of aldehydes is 1. The number of benzene rings is 1. The summed E-state index contributed by atoms with van der Waals surface area (Å²) in [5.41, 5.74) is 0.954. The fraction of sp³-hybridized carbons (Fsp3) is 0.273. The molecule has 0 fully saturated rings. The zero-order valence-electron chi connectivity index (χ0n) is 8.36. The molecular weight excluding hydrogens is 178 g/mol. The van der Waals surface area contributed by atoms with Crippen molar-refractivity contribution in [3.8, 4) is 0 Å². The average molecular weight is 191 g/mol. The summed E-state index contributed by atoms with van der Waals surface area (Å²) >= 11 is 0. The Hall–Kier alpha value is -1.48. The van der Waals surface area contributed by atoms with E-state index in [2.05, 4.69) is 0 Å². The van der Waals surface area contributed by atoms with E-state index in [9.17, 15) is 9.59 Å². The predicted octanol–water partition coefficient (Wildman–Crippen LogP) is 1.24. The molecule has 1 aromatic carbocycles. The lowest BCUT2D eigenvalue weighted by Gasteiger charge is -2.09. The molecule has 0 amide bonds. The average Bonchev–Trinajstić information content (AvgIpc) is 2.16. The van der Waals surface area contributed by atoms with Crippen molar-refractivity contribution >= 4 is 12.1 Å². The molecule has 1 rings (SSSR count). The highest BCUT2D eigenvalue weighted by Gasteiger charge is 2.10. The van der Waals surface area contributed by atoms with E-state index in [0.717, 1.165) is 0 Å². The summed E-state index contributed by atoms with van der Waals surface area (Å²) in [5.74, 6) is -0.0299. The van der Waals surface area contributed by atoms with Gasteiger partial charge in [0.15, 0.2) is 12.1 Å². The number of carbonyl (C=O) groups is 2. The number of carbonyl (C=O) groups excluding carboxylic acids is 2. The first-order valence-electron chi connectivity index (χ1n) is 4.37. The zero-order chi connectivity index (χ0) is 10.6. The van der Waals surface area contributed by atoms with Crippen molar-refractivity contribution in [1.29, 1.82) is 0 Å². The number of Topliss-reactive ketones (excluding diaryl/α,β-unsaturated/α-hetero) is 1. The maximum absolute atomic E-state index is 11.6. The van der Waals surface area contributed by atoms with E-state index in [0.29, 0.717) is 24.0 Å². The van der Waals surface area contributed by atoms with Crippen molar-refractivity contribution in [3.05, 3.63) is 35.4 Å². The van der Waals surface area contributed by atoms with Gasteiger partial charge in [0.25, 0.3) is 0 Å². The van der Waals surface area contributed by atoms with Gasteiger partial charge in [-0.05, 0) is 14.1 Å². The Bertz CT molecular complexity index is 345. The highest BCUT2D eigenvalue weighted by Crippen LogP contribution is 2.07. The molecule has 0 saturated carbocycles. The van der Waals surface area contributed by atoms with Gasteiger partial charge in [0.05, 0.1) is 6.54 Å². The van der Waals surface area contributed by atoms with Gasteiger partial charge in [-0.25, -0.2) is 0 Å². The van der Waals surface area contributed by atoms with Crippen LogP contribution in [0.1, 0.15) is 20.7 Å². The van der Waals surface area contributed by atoms with Crippen molar-refractivity contribution in [2.45, 2.75) is 0 Å². The van der Waals surface area contributed by atoms with E-state index in [1.807, 2.05) is 14.1 Å². The van der Waals surface area contributed by atoms with E-state index < -0.39 is 0 Å². The third-order valence-electron chi connectivity index (χ3n) is 1.85. The first-order valence-corrected chi connectivity index (χ1v) is 4.37. The predicted molar refractivity (Wildman–Crippen MR) is 54.7 cm³/mol. The lowest BCUT2D eigenvalue weighted by molar-refractivity contribution is 0.0952. The van der Waals surface area contributed by atoms with Gasteiger partial charge >= 0.3 is 0 Å². The molecule has 0 aliphatic heterocycles. The SMILES string of the molecule is CN(C)CC(=O)c1ccccc1C=O. The van der Waals surface area contributed by atoms with Crippen LogP contribution in [-0.2, 0) is 0 Å². The van der Waals surface area contributed by atoms with Crippen LogP contribution >= 0.6 is 0 Å². The number of hydrogen-bond donors (Lipinski definition) is 0. The lowest BCUT2D eigenvalue weighted by Crippen LogP contribution is -2.22. The zero-order valence-corrected chi connectivity index (χ0v) is 8.36. The van der Waals surface area contributed by atoms with Gasteiger partial charge in [-0.15, -0.1) is 0 Å². The fourth-order valence-electron chi connectivity index (χ4n) is 1.23. The maximum atomic E-state index is 11.6. The summed E-state index contributed by atoms with van der Waals surface area (Å²) in [5, 5.41) is 0. The first kappa shape index (κ1) is 10.6. The number of likely N-dealkylation sites (N-methyl/N-ethyl adjacent to an activating group) is 1. The quantitative estimate of drug-likeness (QED) is 0.531. The van der Waals surface area contributed by atoms with Gasteiger partial charge in [-0.3, -0.25) is 9.59 Å². The molecule has 3 nitrogen and oxygen atoms in total. The molecular formula is C11H13NO2. The summed E-state index contributed by atoms with van der Waals surface area (Å²) in [6, 6.07) is 6.83. The van der Waals surface area contributed by atoms with Crippen LogP contribution in [0.15, 0.2) is 24.3 Å². The van der Waals surface area contributed by atoms with Gasteiger partial charge in [-0.1, -0.05) is 24.3 Å². The van der Waals surface area contributed by atoms with Gasteiger partial charge in [-0.2, -0.15) is 0 Å². The topological polar surface area (TPSA) is 37.4 Å². The van der Waals surface area contributed by atoms with Crippen LogP contribution in [0.25, 0.3) is 0 Å². The second-order valence-electron chi connectivity index (χ2n) is 3.37. The normalized spacial score (nSPS) is 10.2. The van der Waals surface area contributed by atoms with Crippen LogP contribution in [0.2, 0.25) is 0 Å². The molecule has 0 atom stereocenters. The molecule has 1 aromatic rings. The summed E-state index contributed by atoms with van der Waals surface area (Å²) in [7, 11) is 3.64. The van der Waals surface area contributed by atoms with Crippen LogP contribution in [0.5, 0.6) is 0 Å². The Labute approximate surface area is 83.3 Å². The monoisotopic (exact) mass is 191 g/mol. The fourth-order valence-corrected chi connectivity index (χ4v) is 1.23. The minimum atomic E-state index is -0.0299. The summed E-state index contributed by atoms with van der Waals surface area (Å²) in [6.45, 7) is 0.324. The van der Waals surface area contributed by atoms with Gasteiger partial charge in [0.1, 0.15) is 0 Å². The summed E-state index contributed by atoms with van der Waals surface area (Å²) in [6.07, 6.45) is 0.711. The number of ketones is 1. The van der Waals surface area contributed by atoms with Crippen molar-refractivity contribution in [2.75, 3.05) is 20.6 Å². The Morgan fingerprint density at radius 3 is 2.57 bits per heavy atom. The Morgan fingerprint density at radius 1 is 1.36 bits per heavy atom. The van der Waals surface area contributed by atoms with E-state index in [-0.39, 0.29) is 5.78 Å². The highest BCUT2D eigenvalue weighted by molar-refractivity contribution is 6.03. The Morgan fingerprint density at radius 2 is 2.00 bits per heavy atom. The van der Waals surface area contributed by atoms with E-state index in [4.69, 9.17) is 0 Å². The molecule has 0 bridgehead atoms. The van der Waals surface area contributed by atoms with Gasteiger partial charge in [0, 0.05) is 11.1 Å². The van der Waals surface area contributed by atoms with Crippen LogP contribution in [0.4, 0.5) is 0 Å². The second kappa shape index (κ2) is 4.67. The highest BCUT2D eigenvalue weighted by atomic mass is 16.1. The molecule has 0 aliphatic rings. The number of nitrogens with zero attached hydrogens (tertiary/aromatic N) is 1. The lowest BCUT2D eigenvalue weighted by atomic mass is 10.0. The molecule has 0 N–H and O–H groups in total. The van der Waals surface area contributed by atoms with Crippen LogP contribution < -0.4 is 0 Å². The maximum Gasteiger partial charge on any atom is 0.177 e. The largest absolute Gasteiger partial charge is 0.302 e. The van der Waals surface area contributed by atoms with E-state index in [1.165, 1.54) is 0 Å². The van der Waals surface area contributed by atoms with Gasteiger partial charge < -0.3 is 4.90 Å². The van der Waals surface area contributed by atoms with Crippen LogP contribution in [0.3, 0.4) is 0 Å². The first-order chi connectivity index (χ1) is 6.65. The Kier molecular flexibility index (Phi) is 3.54. The minimum absolute atomic E-state index is 0.0299. The standard InChI is InChI=1S/C11H13NO2/c1-12(2)7-11(14)10-6-4-3-5-9(10)8-13/h3-6,8H,7H2,1-2H3. The molecule has 0 unspecified atom stereocenters. The van der Waals surface area contributed by atoms with Crippen molar-refractivity contribution in [1.82, 2.24) is 4.90 Å². The summed E-state index contributed by atoms with van der Waals surface area (Å²) in [4.78, 5) is 24.1. The van der Waals surface area contributed by atoms with Crippen LogP contribution in [-0.4, -0.2) is 37.6 Å². The molecule has 14 heavy (non-hydrogen) atoms. The van der Waals surface area contributed by atoms with Crippen molar-refractivity contribution in [2.24, 2.45) is 0 Å². The summed E-state index contributed by atoms with van der Waals surface area (Å²) < 4.78 is 0. The molecule has 0 aliphatic carbocycles. The third kappa shape index (κ3) is 2.50. The smallest absolute Gasteiger partial charge is 0.177 e.